The van der Waals surface area contributed by atoms with Crippen LogP contribution in [0.15, 0.2) is 65.4 Å². The molecule has 5 aliphatic rings. The number of likely N-dealkylation sites (tertiary alicyclic amines) is 2. The van der Waals surface area contributed by atoms with Crippen LogP contribution in [0.4, 0.5) is 0 Å². The van der Waals surface area contributed by atoms with Gasteiger partial charge in [-0.3, -0.25) is 9.80 Å². The van der Waals surface area contributed by atoms with Crippen molar-refractivity contribution in [2.24, 2.45) is 0 Å². The van der Waals surface area contributed by atoms with E-state index in [-0.39, 0.29) is 40.7 Å². The third kappa shape index (κ3) is 12.0. The Morgan fingerprint density at radius 3 is 1.15 bits per heavy atom. The van der Waals surface area contributed by atoms with Gasteiger partial charge in [-0.15, -0.1) is 0 Å². The number of hydrogen-bond donors (Lipinski definition) is 2. The zero-order chi connectivity index (χ0) is 49.0. The maximum Gasteiger partial charge on any atom is 0.494 e. The number of nitrogens with one attached hydrogen (secondary N) is 2. The van der Waals surface area contributed by atoms with E-state index in [1.165, 1.54) is 37.8 Å². The smallest absolute Gasteiger partial charge is 0.405 e. The number of aromatic amines is 2. The number of nitrogens with zero attached hydrogens (tertiary/aromatic N) is 4. The molecule has 0 aliphatic carbocycles. The SMILES string of the molecule is CC.CC.CC1(C)OB(B2OC(C)(C)C(C)(C)O2)OC1(C)C.CN1CCC[C@H]1c1ncc(-c2ccc(B3OC(C)(C)C(C)(C)O3)cc2)[nH]1.CN1CCC[C@H]1c1ncc(-c2ccc(Br)cc2)[nH]1. The van der Waals surface area contributed by atoms with E-state index in [2.05, 4.69) is 136 Å². The fourth-order valence-electron chi connectivity index (χ4n) is 8.24. The van der Waals surface area contributed by atoms with Crippen LogP contribution in [0, 0.1) is 0 Å². The maximum atomic E-state index is 6.13. The average molecular weight is 974 g/mol. The summed E-state index contributed by atoms with van der Waals surface area (Å²) in [6.07, 6.45) is 8.74. The third-order valence-electron chi connectivity index (χ3n) is 14.5. The lowest BCUT2D eigenvalue weighted by molar-refractivity contribution is 0.00578. The first-order valence-corrected chi connectivity index (χ1v) is 25.1. The predicted molar refractivity (Wildman–Crippen MR) is 276 cm³/mol. The fourth-order valence-corrected chi connectivity index (χ4v) is 8.51. The fraction of sp³-hybridized carbons (Fsp3) is 0.640. The van der Waals surface area contributed by atoms with E-state index in [0.29, 0.717) is 12.1 Å². The zero-order valence-electron chi connectivity index (χ0n) is 43.5. The summed E-state index contributed by atoms with van der Waals surface area (Å²) >= 11 is 3.45. The molecule has 2 atom stereocenters. The van der Waals surface area contributed by atoms with Crippen LogP contribution in [0.5, 0.6) is 0 Å². The molecule has 5 aliphatic heterocycles. The highest BCUT2D eigenvalue weighted by Crippen LogP contribution is 2.43. The molecule has 9 rings (SSSR count). The normalized spacial score (nSPS) is 24.4. The molecule has 4 aromatic rings. The van der Waals surface area contributed by atoms with Crippen molar-refractivity contribution in [3.63, 3.8) is 0 Å². The van der Waals surface area contributed by atoms with Gasteiger partial charge in [0.25, 0.3) is 0 Å². The molecule has 2 aromatic heterocycles. The Morgan fingerprint density at radius 2 is 0.833 bits per heavy atom. The Morgan fingerprint density at radius 1 is 0.515 bits per heavy atom. The molecule has 362 valence electrons. The van der Waals surface area contributed by atoms with Gasteiger partial charge in [-0.25, -0.2) is 9.97 Å². The minimum atomic E-state index is -0.476. The Labute approximate surface area is 407 Å². The molecule has 0 saturated carbocycles. The first kappa shape index (κ1) is 54.2. The first-order chi connectivity index (χ1) is 30.9. The Bertz CT molecular complexity index is 2060. The lowest BCUT2D eigenvalue weighted by Crippen LogP contribution is -2.41. The molecule has 7 heterocycles. The predicted octanol–water partition coefficient (Wildman–Crippen LogP) is 11.1. The topological polar surface area (TPSA) is 119 Å². The Hall–Kier alpha value is -2.79. The standard InChI is InChI=1S/C20H28BN3O2.C14H16BrN3.C12H24B2O4.2C2H6/c1-19(2)20(3,4)26-21(25-19)15-10-8-14(9-11-15)16-13-22-18(23-16)17-7-6-12-24(17)5;1-18-8-2-3-13(18)14-16-9-12(17-14)10-4-6-11(15)7-5-10;1-9(2)10(3,4)16-13(15-9)14-17-11(5,6)12(7,8)18-14;2*1-2/h8-11,13,17H,6-7,12H2,1-5H3,(H,22,23);4-7,9,13H,2-3,8H2,1H3,(H,16,17);1-8H3;2*1-2H3/t17-;13-;;;/m00.../s1. The second-order valence-corrected chi connectivity index (χ2v) is 21.5. The van der Waals surface area contributed by atoms with Crippen LogP contribution in [-0.4, -0.2) is 112 Å². The highest BCUT2D eigenvalue weighted by Gasteiger charge is 2.63. The van der Waals surface area contributed by atoms with Gasteiger partial charge in [0.1, 0.15) is 11.6 Å². The molecular weight excluding hydrogens is 893 g/mol. The van der Waals surface area contributed by atoms with Gasteiger partial charge in [0.2, 0.25) is 0 Å². The second-order valence-electron chi connectivity index (χ2n) is 20.6. The number of aromatic nitrogens is 4. The van der Waals surface area contributed by atoms with Gasteiger partial charge < -0.3 is 37.9 Å². The molecule has 12 nitrogen and oxygen atoms in total. The average Bonchev–Trinajstić information content (AvgIpc) is 4.14. The van der Waals surface area contributed by atoms with Gasteiger partial charge in [-0.1, -0.05) is 80.0 Å². The van der Waals surface area contributed by atoms with E-state index in [1.807, 2.05) is 95.5 Å². The van der Waals surface area contributed by atoms with Crippen LogP contribution in [0.3, 0.4) is 0 Å². The van der Waals surface area contributed by atoms with Crippen LogP contribution in [0.2, 0.25) is 0 Å². The van der Waals surface area contributed by atoms with Crippen molar-refractivity contribution in [1.29, 1.82) is 0 Å². The summed E-state index contributed by atoms with van der Waals surface area (Å²) in [5.41, 5.74) is 3.43. The van der Waals surface area contributed by atoms with Crippen molar-refractivity contribution in [2.75, 3.05) is 27.2 Å². The molecular formula is C50H80B3BrN6O6. The summed E-state index contributed by atoms with van der Waals surface area (Å²) in [5.74, 6) is 2.16. The van der Waals surface area contributed by atoms with Crippen LogP contribution in [0.1, 0.15) is 160 Å². The van der Waals surface area contributed by atoms with Crippen molar-refractivity contribution in [3.8, 4) is 22.5 Å². The van der Waals surface area contributed by atoms with E-state index in [0.717, 1.165) is 45.1 Å². The summed E-state index contributed by atoms with van der Waals surface area (Å²) in [5, 5.41) is 0. The summed E-state index contributed by atoms with van der Waals surface area (Å²) in [7, 11) is 3.06. The lowest BCUT2D eigenvalue weighted by atomic mass is 9.49. The van der Waals surface area contributed by atoms with Gasteiger partial charge in [-0.2, -0.15) is 0 Å². The van der Waals surface area contributed by atoms with Crippen molar-refractivity contribution in [3.05, 3.63) is 77.0 Å². The molecule has 5 fully saturated rings. The minimum Gasteiger partial charge on any atom is -0.405 e. The molecule has 0 unspecified atom stereocenters. The summed E-state index contributed by atoms with van der Waals surface area (Å²) in [6, 6.07) is 17.5. The van der Waals surface area contributed by atoms with E-state index in [9.17, 15) is 0 Å². The largest absolute Gasteiger partial charge is 0.494 e. The molecule has 5 saturated heterocycles. The minimum absolute atomic E-state index is 0.318. The third-order valence-corrected chi connectivity index (χ3v) is 15.1. The quantitative estimate of drug-likeness (QED) is 0.181. The highest BCUT2D eigenvalue weighted by atomic mass is 79.9. The van der Waals surface area contributed by atoms with E-state index in [4.69, 9.17) is 27.9 Å². The first-order valence-electron chi connectivity index (χ1n) is 24.3. The maximum absolute atomic E-state index is 6.13. The van der Waals surface area contributed by atoms with E-state index in [1.54, 1.807) is 0 Å². The molecule has 2 aromatic carbocycles. The number of imidazole rings is 2. The van der Waals surface area contributed by atoms with Crippen LogP contribution < -0.4 is 5.46 Å². The Balaban J connectivity index is 0.000000183. The van der Waals surface area contributed by atoms with Crippen LogP contribution in [-0.2, 0) is 27.9 Å². The summed E-state index contributed by atoms with van der Waals surface area (Å²) in [6.45, 7) is 34.8. The summed E-state index contributed by atoms with van der Waals surface area (Å²) in [4.78, 5) is 20.8. The number of H-pyrrole nitrogens is 2. The molecule has 0 bridgehead atoms. The molecule has 0 radical (unpaired) electrons. The van der Waals surface area contributed by atoms with Crippen molar-refractivity contribution in [1.82, 2.24) is 29.7 Å². The second kappa shape index (κ2) is 21.5. The van der Waals surface area contributed by atoms with Crippen molar-refractivity contribution in [2.45, 2.75) is 182 Å². The van der Waals surface area contributed by atoms with Gasteiger partial charge in [0.05, 0.1) is 69.5 Å². The van der Waals surface area contributed by atoms with Crippen LogP contribution >= 0.6 is 15.9 Å². The summed E-state index contributed by atoms with van der Waals surface area (Å²) < 4.78 is 37.2. The molecule has 0 amide bonds. The van der Waals surface area contributed by atoms with Gasteiger partial charge >= 0.3 is 21.1 Å². The number of hydrogen-bond acceptors (Lipinski definition) is 10. The van der Waals surface area contributed by atoms with Crippen molar-refractivity contribution < 1.29 is 27.9 Å². The van der Waals surface area contributed by atoms with Gasteiger partial charge in [-0.05, 0) is 165 Å². The van der Waals surface area contributed by atoms with E-state index < -0.39 is 14.0 Å². The number of halogens is 1. The van der Waals surface area contributed by atoms with Crippen LogP contribution in [0.25, 0.3) is 22.5 Å². The molecule has 66 heavy (non-hydrogen) atoms. The van der Waals surface area contributed by atoms with Gasteiger partial charge in [0, 0.05) is 4.47 Å². The van der Waals surface area contributed by atoms with Crippen molar-refractivity contribution >= 4 is 42.5 Å². The Kier molecular flexibility index (Phi) is 17.6. The van der Waals surface area contributed by atoms with E-state index >= 15 is 0 Å². The molecule has 2 N–H and O–H groups in total. The molecule has 0 spiro atoms. The highest BCUT2D eigenvalue weighted by molar-refractivity contribution is 9.10. The zero-order valence-corrected chi connectivity index (χ0v) is 45.1. The lowest BCUT2D eigenvalue weighted by Gasteiger charge is -2.32. The monoisotopic (exact) mass is 973 g/mol. The number of rotatable bonds is 6. The van der Waals surface area contributed by atoms with Gasteiger partial charge in [0.15, 0.2) is 0 Å². The number of benzene rings is 2. The molecule has 16 heteroatoms.